The van der Waals surface area contributed by atoms with Crippen LogP contribution in [0.4, 0.5) is 5.69 Å². The zero-order valence-corrected chi connectivity index (χ0v) is 7.92. The van der Waals surface area contributed by atoms with Crippen LogP contribution in [0, 0.1) is 20.8 Å². The topological polar surface area (TPSA) is 38.1 Å². The van der Waals surface area contributed by atoms with Gasteiger partial charge in [0, 0.05) is 6.21 Å². The Balaban J connectivity index is 3.28. The van der Waals surface area contributed by atoms with Crippen molar-refractivity contribution in [3.8, 4) is 0 Å². The first-order valence-corrected chi connectivity index (χ1v) is 3.95. The third kappa shape index (κ3) is 1.67. The smallest absolute Gasteiger partial charge is 0.125 e. The van der Waals surface area contributed by atoms with E-state index in [1.165, 1.54) is 0 Å². The van der Waals surface area contributed by atoms with Crippen LogP contribution in [0.2, 0.25) is 0 Å². The van der Waals surface area contributed by atoms with Gasteiger partial charge in [0.15, 0.2) is 0 Å². The second-order valence-electron chi connectivity index (χ2n) is 2.68. The van der Waals surface area contributed by atoms with Crippen LogP contribution in [0.3, 0.4) is 0 Å². The van der Waals surface area contributed by atoms with Gasteiger partial charge >= 0.3 is 0 Å². The molecule has 1 aromatic heterocycles. The Labute approximate surface area is 72.6 Å². The van der Waals surface area contributed by atoms with Gasteiger partial charge in [-0.3, -0.25) is 4.99 Å². The summed E-state index contributed by atoms with van der Waals surface area (Å²) in [5.74, 6) is 0.806. The molecule has 12 heavy (non-hydrogen) atoms. The molecule has 1 rings (SSSR count). The Morgan fingerprint density at radius 1 is 1.08 bits per heavy atom. The number of hydrogen-bond acceptors (Lipinski definition) is 3. The van der Waals surface area contributed by atoms with E-state index in [0.29, 0.717) is 0 Å². The van der Waals surface area contributed by atoms with Crippen molar-refractivity contribution in [2.45, 2.75) is 27.7 Å². The maximum atomic E-state index is 4.23. The van der Waals surface area contributed by atoms with Crippen LogP contribution in [0.5, 0.6) is 0 Å². The third-order valence-electron chi connectivity index (χ3n) is 1.60. The van der Waals surface area contributed by atoms with Crippen LogP contribution in [0.25, 0.3) is 0 Å². The van der Waals surface area contributed by atoms with Gasteiger partial charge < -0.3 is 0 Å². The van der Waals surface area contributed by atoms with E-state index in [9.17, 15) is 0 Å². The molecule has 64 valence electrons. The summed E-state index contributed by atoms with van der Waals surface area (Å²) in [4.78, 5) is 12.7. The average molecular weight is 163 g/mol. The van der Waals surface area contributed by atoms with Crippen LogP contribution >= 0.6 is 0 Å². The predicted octanol–water partition coefficient (Wildman–Crippen LogP) is 2.12. The lowest BCUT2D eigenvalue weighted by atomic mass is 10.3. The molecule has 0 saturated heterocycles. The van der Waals surface area contributed by atoms with Crippen LogP contribution in [-0.2, 0) is 0 Å². The highest BCUT2D eigenvalue weighted by atomic mass is 14.9. The standard InChI is InChI=1S/C9H13N3/c1-5-10-9-6(2)11-8(4)12-7(9)3/h5H,1-4H3. The van der Waals surface area contributed by atoms with E-state index in [1.807, 2.05) is 27.7 Å². The van der Waals surface area contributed by atoms with Gasteiger partial charge in [-0.25, -0.2) is 9.97 Å². The molecular formula is C9H13N3. The van der Waals surface area contributed by atoms with Gasteiger partial charge in [0.05, 0.1) is 11.4 Å². The van der Waals surface area contributed by atoms with Crippen molar-refractivity contribution in [1.82, 2.24) is 9.97 Å². The summed E-state index contributed by atoms with van der Waals surface area (Å²) in [5, 5.41) is 0. The van der Waals surface area contributed by atoms with E-state index in [1.54, 1.807) is 6.21 Å². The van der Waals surface area contributed by atoms with Gasteiger partial charge in [-0.15, -0.1) is 0 Å². The predicted molar refractivity (Wildman–Crippen MR) is 50.1 cm³/mol. The normalized spacial score (nSPS) is 11.0. The first-order valence-electron chi connectivity index (χ1n) is 3.95. The largest absolute Gasteiger partial charge is 0.258 e. The number of nitrogens with zero attached hydrogens (tertiary/aromatic N) is 3. The fraction of sp³-hybridized carbons (Fsp3) is 0.444. The van der Waals surface area contributed by atoms with E-state index in [4.69, 9.17) is 0 Å². The second-order valence-corrected chi connectivity index (χ2v) is 2.68. The molecule has 1 aromatic rings. The molecule has 0 fully saturated rings. The highest BCUT2D eigenvalue weighted by molar-refractivity contribution is 5.62. The monoisotopic (exact) mass is 163 g/mol. The zero-order chi connectivity index (χ0) is 9.14. The Kier molecular flexibility index (Phi) is 2.53. The molecule has 0 unspecified atom stereocenters. The average Bonchev–Trinajstić information content (AvgIpc) is 1.96. The van der Waals surface area contributed by atoms with Crippen LogP contribution < -0.4 is 0 Å². The number of aromatic nitrogens is 2. The summed E-state index contributed by atoms with van der Waals surface area (Å²) < 4.78 is 0. The molecule has 0 aliphatic carbocycles. The number of rotatable bonds is 1. The van der Waals surface area contributed by atoms with E-state index in [0.717, 1.165) is 22.9 Å². The van der Waals surface area contributed by atoms with Crippen molar-refractivity contribution in [2.24, 2.45) is 4.99 Å². The van der Waals surface area contributed by atoms with Gasteiger partial charge in [0.2, 0.25) is 0 Å². The molecule has 3 nitrogen and oxygen atoms in total. The lowest BCUT2D eigenvalue weighted by molar-refractivity contribution is 0.974. The first kappa shape index (κ1) is 8.84. The summed E-state index contributed by atoms with van der Waals surface area (Å²) in [6.07, 6.45) is 1.76. The molecule has 1 heterocycles. The maximum absolute atomic E-state index is 4.23. The Morgan fingerprint density at radius 3 is 2.00 bits per heavy atom. The summed E-state index contributed by atoms with van der Waals surface area (Å²) >= 11 is 0. The maximum Gasteiger partial charge on any atom is 0.125 e. The van der Waals surface area contributed by atoms with Crippen molar-refractivity contribution in [3.63, 3.8) is 0 Å². The Hall–Kier alpha value is -1.25. The molecular weight excluding hydrogens is 150 g/mol. The van der Waals surface area contributed by atoms with E-state index >= 15 is 0 Å². The van der Waals surface area contributed by atoms with Gasteiger partial charge in [0.25, 0.3) is 0 Å². The Bertz CT molecular complexity index is 293. The minimum absolute atomic E-state index is 0.806. The highest BCUT2D eigenvalue weighted by Crippen LogP contribution is 2.19. The van der Waals surface area contributed by atoms with Crippen LogP contribution in [0.15, 0.2) is 4.99 Å². The zero-order valence-electron chi connectivity index (χ0n) is 7.92. The summed E-state index contributed by atoms with van der Waals surface area (Å²) in [6.45, 7) is 7.67. The van der Waals surface area contributed by atoms with Crippen molar-refractivity contribution in [2.75, 3.05) is 0 Å². The summed E-state index contributed by atoms with van der Waals surface area (Å²) in [5.41, 5.74) is 2.78. The molecule has 0 atom stereocenters. The summed E-state index contributed by atoms with van der Waals surface area (Å²) in [7, 11) is 0. The van der Waals surface area contributed by atoms with E-state index in [2.05, 4.69) is 15.0 Å². The number of aliphatic imine (C=N–C) groups is 1. The van der Waals surface area contributed by atoms with E-state index < -0.39 is 0 Å². The van der Waals surface area contributed by atoms with Gasteiger partial charge in [-0.05, 0) is 27.7 Å². The lowest BCUT2D eigenvalue weighted by Gasteiger charge is -2.03. The molecule has 0 saturated carbocycles. The molecule has 0 N–H and O–H groups in total. The third-order valence-corrected chi connectivity index (χ3v) is 1.60. The minimum Gasteiger partial charge on any atom is -0.258 e. The molecule has 3 heteroatoms. The fourth-order valence-electron chi connectivity index (χ4n) is 1.19. The summed E-state index contributed by atoms with van der Waals surface area (Å²) in [6, 6.07) is 0. The molecule has 0 bridgehead atoms. The first-order chi connectivity index (χ1) is 5.65. The van der Waals surface area contributed by atoms with E-state index in [-0.39, 0.29) is 0 Å². The molecule has 0 aliphatic rings. The van der Waals surface area contributed by atoms with Gasteiger partial charge in [-0.2, -0.15) is 0 Å². The van der Waals surface area contributed by atoms with Gasteiger partial charge in [-0.1, -0.05) is 0 Å². The van der Waals surface area contributed by atoms with Gasteiger partial charge in [0.1, 0.15) is 11.5 Å². The molecule has 0 aliphatic heterocycles. The quantitative estimate of drug-likeness (QED) is 0.595. The molecule has 0 aromatic carbocycles. The molecule has 0 spiro atoms. The lowest BCUT2D eigenvalue weighted by Crippen LogP contribution is -1.94. The van der Waals surface area contributed by atoms with Crippen molar-refractivity contribution >= 4 is 11.9 Å². The van der Waals surface area contributed by atoms with Crippen LogP contribution in [0.1, 0.15) is 24.1 Å². The van der Waals surface area contributed by atoms with Crippen molar-refractivity contribution < 1.29 is 0 Å². The Morgan fingerprint density at radius 2 is 1.58 bits per heavy atom. The van der Waals surface area contributed by atoms with Crippen molar-refractivity contribution in [3.05, 3.63) is 17.2 Å². The SMILES string of the molecule is CC=Nc1c(C)nc(C)nc1C. The molecule has 0 amide bonds. The number of aryl methyl sites for hydroxylation is 3. The van der Waals surface area contributed by atoms with Crippen LogP contribution in [-0.4, -0.2) is 16.2 Å². The highest BCUT2D eigenvalue weighted by Gasteiger charge is 2.03. The minimum atomic E-state index is 0.806. The fourth-order valence-corrected chi connectivity index (χ4v) is 1.19. The number of hydrogen-bond donors (Lipinski definition) is 0. The molecule has 0 radical (unpaired) electrons. The second kappa shape index (κ2) is 3.43. The van der Waals surface area contributed by atoms with Crippen molar-refractivity contribution in [1.29, 1.82) is 0 Å².